The number of carbonyl (C=O) groups is 1. The molecule has 18 heavy (non-hydrogen) atoms. The van der Waals surface area contributed by atoms with Crippen LogP contribution in [0.15, 0.2) is 22.7 Å². The molecule has 0 aliphatic carbocycles. The van der Waals surface area contributed by atoms with Gasteiger partial charge in [0.1, 0.15) is 6.10 Å². The molecule has 0 aliphatic rings. The highest BCUT2D eigenvalue weighted by Crippen LogP contribution is 2.27. The highest BCUT2D eigenvalue weighted by Gasteiger charge is 2.20. The molecule has 1 aromatic carbocycles. The molecule has 0 aliphatic heterocycles. The zero-order chi connectivity index (χ0) is 13.7. The van der Waals surface area contributed by atoms with Crippen LogP contribution in [-0.2, 0) is 4.79 Å². The quantitative estimate of drug-likeness (QED) is 0.774. The Morgan fingerprint density at radius 3 is 2.72 bits per heavy atom. The molecule has 2 unspecified atom stereocenters. The first-order chi connectivity index (χ1) is 8.41. The highest BCUT2D eigenvalue weighted by molar-refractivity contribution is 9.10. The Kier molecular flexibility index (Phi) is 5.78. The number of nitrogens with one attached hydrogen (secondary N) is 1. The molecule has 0 heterocycles. The molecule has 1 rings (SSSR count). The molecule has 3 N–H and O–H groups in total. The third-order valence-electron chi connectivity index (χ3n) is 2.65. The molecule has 100 valence electrons. The van der Waals surface area contributed by atoms with Gasteiger partial charge in [-0.15, -0.1) is 0 Å². The van der Waals surface area contributed by atoms with Gasteiger partial charge < -0.3 is 15.5 Å². The fourth-order valence-electron chi connectivity index (χ4n) is 1.65. The highest BCUT2D eigenvalue weighted by atomic mass is 79.9. The molecule has 0 aromatic heterocycles. The minimum Gasteiger partial charge on any atom is -0.390 e. The first kappa shape index (κ1) is 15.1. The van der Waals surface area contributed by atoms with Gasteiger partial charge in [-0.1, -0.05) is 33.6 Å². The van der Waals surface area contributed by atoms with Crippen molar-refractivity contribution in [1.82, 2.24) is 5.32 Å². The number of halogens is 1. The van der Waals surface area contributed by atoms with Gasteiger partial charge >= 0.3 is 0 Å². The van der Waals surface area contributed by atoms with E-state index in [9.17, 15) is 15.0 Å². The number of hydrogen-bond donors (Lipinski definition) is 3. The first-order valence-electron chi connectivity index (χ1n) is 5.78. The van der Waals surface area contributed by atoms with Gasteiger partial charge in [0.05, 0.1) is 6.10 Å². The molecule has 2 atom stereocenters. The summed E-state index contributed by atoms with van der Waals surface area (Å²) in [6.45, 7) is 3.68. The SMILES string of the molecule is CC(=O)NCCC(O)C(O)c1cc(C)ccc1Br. The lowest BCUT2D eigenvalue weighted by Gasteiger charge is -2.19. The van der Waals surface area contributed by atoms with Crippen molar-refractivity contribution in [3.63, 3.8) is 0 Å². The van der Waals surface area contributed by atoms with Crippen LogP contribution >= 0.6 is 15.9 Å². The Bertz CT molecular complexity index is 423. The summed E-state index contributed by atoms with van der Waals surface area (Å²) in [6.07, 6.45) is -1.57. The largest absolute Gasteiger partial charge is 0.390 e. The fourth-order valence-corrected chi connectivity index (χ4v) is 2.13. The van der Waals surface area contributed by atoms with E-state index >= 15 is 0 Å². The Balaban J connectivity index is 2.64. The molecular formula is C13H18BrNO3. The van der Waals surface area contributed by atoms with Crippen LogP contribution in [0.3, 0.4) is 0 Å². The summed E-state index contributed by atoms with van der Waals surface area (Å²) in [5.74, 6) is -0.145. The van der Waals surface area contributed by atoms with E-state index in [1.54, 1.807) is 0 Å². The molecule has 0 saturated heterocycles. The molecule has 0 spiro atoms. The van der Waals surface area contributed by atoms with Gasteiger partial charge in [0.15, 0.2) is 0 Å². The maximum Gasteiger partial charge on any atom is 0.216 e. The van der Waals surface area contributed by atoms with E-state index in [4.69, 9.17) is 0 Å². The topological polar surface area (TPSA) is 69.6 Å². The number of benzene rings is 1. The van der Waals surface area contributed by atoms with Crippen molar-refractivity contribution in [2.24, 2.45) is 0 Å². The molecule has 4 nitrogen and oxygen atoms in total. The lowest BCUT2D eigenvalue weighted by Crippen LogP contribution is -2.27. The van der Waals surface area contributed by atoms with Gasteiger partial charge in [-0.05, 0) is 25.0 Å². The van der Waals surface area contributed by atoms with E-state index in [-0.39, 0.29) is 5.91 Å². The van der Waals surface area contributed by atoms with E-state index in [1.807, 2.05) is 25.1 Å². The second-order valence-corrected chi connectivity index (χ2v) is 5.16. The summed E-state index contributed by atoms with van der Waals surface area (Å²) in [4.78, 5) is 10.7. The molecule has 0 radical (unpaired) electrons. The molecular weight excluding hydrogens is 298 g/mol. The van der Waals surface area contributed by atoms with Crippen molar-refractivity contribution >= 4 is 21.8 Å². The maximum absolute atomic E-state index is 10.7. The number of amides is 1. The summed E-state index contributed by atoms with van der Waals surface area (Å²) in [5, 5.41) is 22.5. The van der Waals surface area contributed by atoms with Crippen LogP contribution in [0.2, 0.25) is 0 Å². The standard InChI is InChI=1S/C13H18BrNO3/c1-8-3-4-11(14)10(7-8)13(18)12(17)5-6-15-9(2)16/h3-4,7,12-13,17-18H,5-6H2,1-2H3,(H,15,16). The van der Waals surface area contributed by atoms with Crippen LogP contribution in [0.5, 0.6) is 0 Å². The molecule has 0 bridgehead atoms. The average molecular weight is 316 g/mol. The number of aliphatic hydroxyl groups excluding tert-OH is 2. The van der Waals surface area contributed by atoms with Crippen molar-refractivity contribution in [3.8, 4) is 0 Å². The van der Waals surface area contributed by atoms with Crippen LogP contribution in [0.1, 0.15) is 30.6 Å². The average Bonchev–Trinajstić information content (AvgIpc) is 2.30. The number of aryl methyl sites for hydroxylation is 1. The van der Waals surface area contributed by atoms with E-state index in [0.29, 0.717) is 18.5 Å². The predicted molar refractivity (Wildman–Crippen MR) is 73.1 cm³/mol. The molecule has 0 fully saturated rings. The summed E-state index contributed by atoms with van der Waals surface area (Å²) in [7, 11) is 0. The summed E-state index contributed by atoms with van der Waals surface area (Å²) >= 11 is 3.35. The van der Waals surface area contributed by atoms with Crippen molar-refractivity contribution in [2.45, 2.75) is 32.5 Å². The Morgan fingerprint density at radius 2 is 2.11 bits per heavy atom. The van der Waals surface area contributed by atoms with Gasteiger partial charge in [0, 0.05) is 17.9 Å². The number of hydrogen-bond acceptors (Lipinski definition) is 3. The van der Waals surface area contributed by atoms with Crippen LogP contribution in [0, 0.1) is 6.92 Å². The van der Waals surface area contributed by atoms with Crippen LogP contribution < -0.4 is 5.32 Å². The van der Waals surface area contributed by atoms with Gasteiger partial charge in [-0.25, -0.2) is 0 Å². The second-order valence-electron chi connectivity index (χ2n) is 4.31. The molecule has 0 saturated carbocycles. The van der Waals surface area contributed by atoms with Gasteiger partial charge in [-0.3, -0.25) is 4.79 Å². The van der Waals surface area contributed by atoms with E-state index < -0.39 is 12.2 Å². The summed E-state index contributed by atoms with van der Waals surface area (Å²) in [5.41, 5.74) is 1.67. The van der Waals surface area contributed by atoms with Crippen LogP contribution in [0.4, 0.5) is 0 Å². The van der Waals surface area contributed by atoms with Crippen molar-refractivity contribution in [2.75, 3.05) is 6.54 Å². The smallest absolute Gasteiger partial charge is 0.216 e. The summed E-state index contributed by atoms with van der Waals surface area (Å²) in [6, 6.07) is 5.59. The lowest BCUT2D eigenvalue weighted by atomic mass is 10.0. The van der Waals surface area contributed by atoms with Gasteiger partial charge in [0.25, 0.3) is 0 Å². The number of aliphatic hydroxyl groups is 2. The Labute approximate surface area is 115 Å². The maximum atomic E-state index is 10.7. The minimum absolute atomic E-state index is 0.145. The first-order valence-corrected chi connectivity index (χ1v) is 6.57. The van der Waals surface area contributed by atoms with E-state index in [2.05, 4.69) is 21.2 Å². The fraction of sp³-hybridized carbons (Fsp3) is 0.462. The lowest BCUT2D eigenvalue weighted by molar-refractivity contribution is -0.119. The van der Waals surface area contributed by atoms with Crippen molar-refractivity contribution in [3.05, 3.63) is 33.8 Å². The third kappa shape index (κ3) is 4.40. The normalized spacial score (nSPS) is 14.1. The van der Waals surface area contributed by atoms with E-state index in [0.717, 1.165) is 10.0 Å². The molecule has 5 heteroatoms. The summed E-state index contributed by atoms with van der Waals surface area (Å²) < 4.78 is 0.763. The van der Waals surface area contributed by atoms with Crippen molar-refractivity contribution in [1.29, 1.82) is 0 Å². The van der Waals surface area contributed by atoms with Gasteiger partial charge in [-0.2, -0.15) is 0 Å². The van der Waals surface area contributed by atoms with E-state index in [1.165, 1.54) is 6.92 Å². The van der Waals surface area contributed by atoms with Crippen LogP contribution in [0.25, 0.3) is 0 Å². The second kappa shape index (κ2) is 6.87. The minimum atomic E-state index is -0.965. The predicted octanol–water partition coefficient (Wildman–Crippen LogP) is 1.68. The molecule has 1 aromatic rings. The Hall–Kier alpha value is -0.910. The van der Waals surface area contributed by atoms with Crippen LogP contribution in [-0.4, -0.2) is 28.8 Å². The zero-order valence-corrected chi connectivity index (χ0v) is 12.1. The number of rotatable bonds is 5. The Morgan fingerprint density at radius 1 is 1.44 bits per heavy atom. The number of carbonyl (C=O) groups excluding carboxylic acids is 1. The third-order valence-corrected chi connectivity index (χ3v) is 3.37. The van der Waals surface area contributed by atoms with Gasteiger partial charge in [0.2, 0.25) is 5.91 Å². The monoisotopic (exact) mass is 315 g/mol. The van der Waals surface area contributed by atoms with Crippen molar-refractivity contribution < 1.29 is 15.0 Å². The zero-order valence-electron chi connectivity index (χ0n) is 10.5. The molecule has 1 amide bonds.